The fourth-order valence-electron chi connectivity index (χ4n) is 5.43. The molecule has 6 nitrogen and oxygen atoms in total. The standard InChI is InChI=1S/C10H9FO2.C10H7FO2.C10H11FO.C10H9FO/c2*1-6-4-9(12)8-5-7(11)2-3-10(8)13-6;2*1-7-2-3-8-6-9(11)4-5-10(8)12-7/h2-3,5-6H,4H2,1H3;2-5H,1H3;4-7H,2-3H2,1H3;2-7H,1H3. The lowest BCUT2D eigenvalue weighted by atomic mass is 10.0. The summed E-state index contributed by atoms with van der Waals surface area (Å²) >= 11 is 0. The maximum atomic E-state index is 12.8. The number of halogens is 4. The number of rotatable bonds is 0. The molecule has 0 bridgehead atoms. The summed E-state index contributed by atoms with van der Waals surface area (Å²) in [6.07, 6.45) is 6.27. The molecule has 260 valence electrons. The highest BCUT2D eigenvalue weighted by Gasteiger charge is 2.23. The molecule has 0 saturated carbocycles. The van der Waals surface area contributed by atoms with Crippen LogP contribution in [0, 0.1) is 30.2 Å². The van der Waals surface area contributed by atoms with E-state index in [1.165, 1.54) is 60.7 Å². The molecule has 4 heterocycles. The van der Waals surface area contributed by atoms with Crippen molar-refractivity contribution in [1.82, 2.24) is 0 Å². The second kappa shape index (κ2) is 15.9. The van der Waals surface area contributed by atoms with Crippen LogP contribution < -0.4 is 19.6 Å². The lowest BCUT2D eigenvalue weighted by Crippen LogP contribution is -2.23. The van der Waals surface area contributed by atoms with E-state index in [0.29, 0.717) is 29.1 Å². The molecule has 0 N–H and O–H groups in total. The van der Waals surface area contributed by atoms with Crippen molar-refractivity contribution in [3.8, 4) is 17.2 Å². The summed E-state index contributed by atoms with van der Waals surface area (Å²) in [5, 5.41) is 0.283. The van der Waals surface area contributed by atoms with Crippen LogP contribution in [0.1, 0.15) is 60.9 Å². The van der Waals surface area contributed by atoms with Crippen molar-refractivity contribution in [1.29, 1.82) is 0 Å². The second-order valence-electron chi connectivity index (χ2n) is 12.1. The van der Waals surface area contributed by atoms with Gasteiger partial charge in [-0.25, -0.2) is 17.6 Å². The number of ether oxygens (including phenoxy) is 3. The highest BCUT2D eigenvalue weighted by Crippen LogP contribution is 2.29. The normalized spacial score (nSPS) is 18.1. The Morgan fingerprint density at radius 3 is 2.04 bits per heavy atom. The third kappa shape index (κ3) is 9.40. The van der Waals surface area contributed by atoms with Gasteiger partial charge in [0.1, 0.15) is 64.1 Å². The summed E-state index contributed by atoms with van der Waals surface area (Å²) in [6, 6.07) is 18.5. The minimum absolute atomic E-state index is 0.0479. The molecule has 3 aliphatic rings. The van der Waals surface area contributed by atoms with E-state index in [9.17, 15) is 27.2 Å². The predicted octanol–water partition coefficient (Wildman–Crippen LogP) is 9.58. The van der Waals surface area contributed by atoms with Crippen molar-refractivity contribution in [3.05, 3.63) is 141 Å². The summed E-state index contributed by atoms with van der Waals surface area (Å²) in [6.45, 7) is 7.49. The van der Waals surface area contributed by atoms with Crippen molar-refractivity contribution >= 4 is 22.8 Å². The van der Waals surface area contributed by atoms with Crippen LogP contribution in [0.3, 0.4) is 0 Å². The van der Waals surface area contributed by atoms with Gasteiger partial charge in [0.25, 0.3) is 0 Å². The van der Waals surface area contributed by atoms with Gasteiger partial charge in [-0.15, -0.1) is 0 Å². The Bertz CT molecular complexity index is 2090. The van der Waals surface area contributed by atoms with E-state index in [1.54, 1.807) is 25.1 Å². The molecule has 3 aliphatic heterocycles. The average molecular weight is 689 g/mol. The number of carbonyl (C=O) groups excluding carboxylic acids is 1. The van der Waals surface area contributed by atoms with Crippen LogP contribution in [-0.4, -0.2) is 24.1 Å². The maximum absolute atomic E-state index is 12.8. The van der Waals surface area contributed by atoms with Crippen molar-refractivity contribution in [2.24, 2.45) is 0 Å². The molecule has 1 aromatic heterocycles. The van der Waals surface area contributed by atoms with Gasteiger partial charge >= 0.3 is 0 Å². The number of carbonyl (C=O) groups is 1. The zero-order valence-electron chi connectivity index (χ0n) is 28.0. The number of fused-ring (bicyclic) bond motifs is 4. The minimum atomic E-state index is -0.427. The van der Waals surface area contributed by atoms with Crippen molar-refractivity contribution in [2.75, 3.05) is 0 Å². The minimum Gasteiger partial charge on any atom is -0.490 e. The topological polar surface area (TPSA) is 75.0 Å². The van der Waals surface area contributed by atoms with E-state index in [0.717, 1.165) is 35.5 Å². The fraction of sp³-hybridized carbons (Fsp3) is 0.250. The third-order valence-electron chi connectivity index (χ3n) is 7.86. The van der Waals surface area contributed by atoms with Crippen LogP contribution in [0.4, 0.5) is 17.6 Å². The predicted molar refractivity (Wildman–Crippen MR) is 183 cm³/mol. The maximum Gasteiger partial charge on any atom is 0.193 e. The molecular formula is C40H36F4O6. The molecule has 50 heavy (non-hydrogen) atoms. The SMILES string of the molecule is CC1C=Cc2cc(F)ccc2O1.CC1CC(=O)c2cc(F)ccc2O1.CC1CCc2cc(F)ccc2O1.Cc1cc(=O)c2cc(F)ccc2o1. The van der Waals surface area contributed by atoms with Gasteiger partial charge in [-0.1, -0.05) is 6.08 Å². The summed E-state index contributed by atoms with van der Waals surface area (Å²) in [4.78, 5) is 22.7. The van der Waals surface area contributed by atoms with Crippen LogP contribution in [-0.2, 0) is 6.42 Å². The smallest absolute Gasteiger partial charge is 0.193 e. The molecule has 8 rings (SSSR count). The zero-order chi connectivity index (χ0) is 35.9. The quantitative estimate of drug-likeness (QED) is 0.151. The molecule has 5 aromatic rings. The zero-order valence-corrected chi connectivity index (χ0v) is 28.0. The van der Waals surface area contributed by atoms with Crippen LogP contribution in [0.25, 0.3) is 17.0 Å². The van der Waals surface area contributed by atoms with E-state index in [1.807, 2.05) is 32.9 Å². The molecule has 0 saturated heterocycles. The molecule has 0 spiro atoms. The van der Waals surface area contributed by atoms with E-state index < -0.39 is 11.6 Å². The first-order valence-corrected chi connectivity index (χ1v) is 16.1. The summed E-state index contributed by atoms with van der Waals surface area (Å²) in [7, 11) is 0. The van der Waals surface area contributed by atoms with Gasteiger partial charge in [-0.05, 0) is 125 Å². The number of ketones is 1. The van der Waals surface area contributed by atoms with Gasteiger partial charge in [0.05, 0.1) is 17.1 Å². The van der Waals surface area contributed by atoms with E-state index in [-0.39, 0.29) is 46.5 Å². The molecule has 3 atom stereocenters. The van der Waals surface area contributed by atoms with Crippen molar-refractivity contribution < 1.29 is 41.0 Å². The number of hydrogen-bond donors (Lipinski definition) is 0. The molecule has 4 aromatic carbocycles. The Morgan fingerprint density at radius 1 is 0.660 bits per heavy atom. The van der Waals surface area contributed by atoms with Gasteiger partial charge in [0.2, 0.25) is 0 Å². The van der Waals surface area contributed by atoms with Crippen molar-refractivity contribution in [3.63, 3.8) is 0 Å². The molecule has 0 radical (unpaired) electrons. The van der Waals surface area contributed by atoms with E-state index >= 15 is 0 Å². The van der Waals surface area contributed by atoms with Gasteiger partial charge < -0.3 is 18.6 Å². The first-order valence-electron chi connectivity index (χ1n) is 16.1. The first kappa shape index (κ1) is 35.9. The molecule has 3 unspecified atom stereocenters. The van der Waals surface area contributed by atoms with Gasteiger partial charge in [0.15, 0.2) is 11.2 Å². The number of aryl methyl sites for hydroxylation is 2. The van der Waals surface area contributed by atoms with Crippen LogP contribution in [0.5, 0.6) is 17.2 Å². The Balaban J connectivity index is 0.000000130. The van der Waals surface area contributed by atoms with Crippen LogP contribution in [0.15, 0.2) is 94.2 Å². The lowest BCUT2D eigenvalue weighted by molar-refractivity contribution is 0.0870. The molecule has 0 amide bonds. The fourth-order valence-corrected chi connectivity index (χ4v) is 5.43. The monoisotopic (exact) mass is 688 g/mol. The van der Waals surface area contributed by atoms with Gasteiger partial charge in [-0.2, -0.15) is 0 Å². The van der Waals surface area contributed by atoms with Gasteiger partial charge in [-0.3, -0.25) is 9.59 Å². The Kier molecular flexibility index (Phi) is 11.4. The third-order valence-corrected chi connectivity index (χ3v) is 7.86. The highest BCUT2D eigenvalue weighted by molar-refractivity contribution is 5.99. The van der Waals surface area contributed by atoms with E-state index in [4.69, 9.17) is 18.6 Å². The number of hydrogen-bond acceptors (Lipinski definition) is 6. The first-order chi connectivity index (χ1) is 23.8. The number of Topliss-reactive ketones (excluding diaryl/α,β-unsaturated/α-hetero) is 1. The summed E-state index contributed by atoms with van der Waals surface area (Å²) in [5.74, 6) is 1.35. The number of benzene rings is 4. The highest BCUT2D eigenvalue weighted by atomic mass is 19.1. The lowest BCUT2D eigenvalue weighted by Gasteiger charge is -2.22. The second-order valence-corrected chi connectivity index (χ2v) is 12.1. The van der Waals surface area contributed by atoms with E-state index in [2.05, 4.69) is 0 Å². The molecular weight excluding hydrogens is 652 g/mol. The molecule has 10 heteroatoms. The summed E-state index contributed by atoms with van der Waals surface area (Å²) < 4.78 is 72.5. The largest absolute Gasteiger partial charge is 0.490 e. The molecule has 0 aliphatic carbocycles. The Morgan fingerprint density at radius 2 is 1.28 bits per heavy atom. The van der Waals surface area contributed by atoms with Crippen LogP contribution >= 0.6 is 0 Å². The average Bonchev–Trinajstić information content (AvgIpc) is 3.07. The van der Waals surface area contributed by atoms with Crippen molar-refractivity contribution in [2.45, 2.75) is 65.3 Å². The Labute approximate surface area is 286 Å². The summed E-state index contributed by atoms with van der Waals surface area (Å²) in [5.41, 5.74) is 2.38. The Hall–Kier alpha value is -5.38. The molecule has 0 fully saturated rings. The van der Waals surface area contributed by atoms with Gasteiger partial charge in [0, 0.05) is 18.1 Å². The van der Waals surface area contributed by atoms with Crippen LogP contribution in [0.2, 0.25) is 0 Å².